The predicted molar refractivity (Wildman–Crippen MR) is 69.8 cm³/mol. The second-order valence-electron chi connectivity index (χ2n) is 5.00. The molecule has 0 radical (unpaired) electrons. The molecule has 2 unspecified atom stereocenters. The second kappa shape index (κ2) is 5.32. The minimum Gasteiger partial charge on any atom is -0.379 e. The van der Waals surface area contributed by atoms with Gasteiger partial charge in [-0.2, -0.15) is 10.5 Å². The molecular formula is C13H16N2O2Si. The molecule has 18 heavy (non-hydrogen) atoms. The number of hydrogen-bond acceptors (Lipinski definition) is 4. The number of aliphatic hydroxyl groups is 1. The molecule has 0 aliphatic heterocycles. The third kappa shape index (κ3) is 3.41. The van der Waals surface area contributed by atoms with Crippen molar-refractivity contribution in [2.45, 2.75) is 31.3 Å². The fourth-order valence-corrected chi connectivity index (χ4v) is 2.74. The minimum atomic E-state index is -2.15. The van der Waals surface area contributed by atoms with Gasteiger partial charge in [-0.15, -0.1) is 0 Å². The van der Waals surface area contributed by atoms with Gasteiger partial charge >= 0.3 is 0 Å². The zero-order chi connectivity index (χ0) is 13.8. The molecule has 0 aliphatic rings. The lowest BCUT2D eigenvalue weighted by atomic mass is 9.93. The summed E-state index contributed by atoms with van der Waals surface area (Å²) in [5, 5.41) is 28.7. The minimum absolute atomic E-state index is 0.572. The van der Waals surface area contributed by atoms with Crippen LogP contribution in [0.3, 0.4) is 0 Å². The summed E-state index contributed by atoms with van der Waals surface area (Å²) < 4.78 is 5.49. The van der Waals surface area contributed by atoms with E-state index < -0.39 is 20.0 Å². The molecule has 1 aromatic rings. The number of rotatable bonds is 4. The monoisotopic (exact) mass is 260 g/mol. The lowest BCUT2D eigenvalue weighted by Crippen LogP contribution is -2.45. The van der Waals surface area contributed by atoms with Gasteiger partial charge in [0, 0.05) is 0 Å². The number of benzene rings is 1. The van der Waals surface area contributed by atoms with E-state index in [0.29, 0.717) is 5.56 Å². The summed E-state index contributed by atoms with van der Waals surface area (Å²) in [6.07, 6.45) is 0. The zero-order valence-electron chi connectivity index (χ0n) is 10.7. The maximum Gasteiger partial charge on any atom is 0.268 e. The molecule has 0 amide bonds. The Hall–Kier alpha value is -1.66. The van der Waals surface area contributed by atoms with E-state index >= 15 is 0 Å². The molecule has 5 heteroatoms. The molecule has 4 nitrogen and oxygen atoms in total. The zero-order valence-corrected chi connectivity index (χ0v) is 11.7. The van der Waals surface area contributed by atoms with Crippen molar-refractivity contribution >= 4 is 8.32 Å². The van der Waals surface area contributed by atoms with E-state index in [2.05, 4.69) is 0 Å². The lowest BCUT2D eigenvalue weighted by molar-refractivity contribution is -0.102. The Bertz CT molecular complexity index is 484. The van der Waals surface area contributed by atoms with Crippen LogP contribution in [0.4, 0.5) is 0 Å². The van der Waals surface area contributed by atoms with Gasteiger partial charge in [-0.3, -0.25) is 0 Å². The summed E-state index contributed by atoms with van der Waals surface area (Å²) >= 11 is 0. The maximum atomic E-state index is 10.3. The molecule has 0 saturated carbocycles. The van der Waals surface area contributed by atoms with Crippen LogP contribution < -0.4 is 0 Å². The van der Waals surface area contributed by atoms with Gasteiger partial charge in [0.1, 0.15) is 12.0 Å². The summed E-state index contributed by atoms with van der Waals surface area (Å²) in [5.41, 5.74) is 0.572. The van der Waals surface area contributed by atoms with Crippen LogP contribution in [0.1, 0.15) is 11.5 Å². The highest BCUT2D eigenvalue weighted by atomic mass is 28.4. The summed E-state index contributed by atoms with van der Waals surface area (Å²) in [6.45, 7) is 5.57. The Morgan fingerprint density at radius 3 is 2.17 bits per heavy atom. The quantitative estimate of drug-likeness (QED) is 0.512. The van der Waals surface area contributed by atoms with Crippen molar-refractivity contribution in [2.75, 3.05) is 0 Å². The Kier molecular flexibility index (Phi) is 4.26. The third-order valence-corrected chi connectivity index (χ3v) is 3.20. The van der Waals surface area contributed by atoms with Crippen LogP contribution in [-0.2, 0) is 4.43 Å². The van der Waals surface area contributed by atoms with Crippen molar-refractivity contribution < 1.29 is 9.53 Å². The highest BCUT2D eigenvalue weighted by Gasteiger charge is 2.43. The molecule has 0 aliphatic carbocycles. The molecule has 1 N–H and O–H groups in total. The highest BCUT2D eigenvalue weighted by Crippen LogP contribution is 2.31. The molecular weight excluding hydrogens is 244 g/mol. The van der Waals surface area contributed by atoms with Crippen LogP contribution >= 0.6 is 0 Å². The fraction of sp³-hybridized carbons (Fsp3) is 0.385. The largest absolute Gasteiger partial charge is 0.379 e. The highest BCUT2D eigenvalue weighted by molar-refractivity contribution is 6.69. The van der Waals surface area contributed by atoms with Crippen molar-refractivity contribution in [2.24, 2.45) is 0 Å². The van der Waals surface area contributed by atoms with Crippen molar-refractivity contribution in [3.05, 3.63) is 35.9 Å². The average molecular weight is 260 g/mol. The fourth-order valence-electron chi connectivity index (χ4n) is 1.65. The van der Waals surface area contributed by atoms with Gasteiger partial charge in [-0.05, 0) is 25.2 Å². The van der Waals surface area contributed by atoms with Crippen molar-refractivity contribution in [3.63, 3.8) is 0 Å². The normalized spacial score (nSPS) is 16.1. The van der Waals surface area contributed by atoms with Crippen LogP contribution in [0.5, 0.6) is 0 Å². The van der Waals surface area contributed by atoms with Gasteiger partial charge in [0.15, 0.2) is 8.32 Å². The molecule has 0 fully saturated rings. The van der Waals surface area contributed by atoms with Gasteiger partial charge < -0.3 is 9.53 Å². The summed E-state index contributed by atoms with van der Waals surface area (Å²) in [4.78, 5) is 0. The van der Waals surface area contributed by atoms with E-state index in [1.807, 2.05) is 31.8 Å². The van der Waals surface area contributed by atoms with Gasteiger partial charge in [-0.25, -0.2) is 0 Å². The Morgan fingerprint density at radius 2 is 1.78 bits per heavy atom. The molecule has 0 aromatic heterocycles. The molecule has 0 bridgehead atoms. The van der Waals surface area contributed by atoms with Gasteiger partial charge in [0.25, 0.3) is 5.79 Å². The molecule has 1 rings (SSSR count). The molecule has 0 saturated heterocycles. The predicted octanol–water partition coefficient (Wildman–Crippen LogP) is 2.36. The van der Waals surface area contributed by atoms with Crippen molar-refractivity contribution in [1.82, 2.24) is 0 Å². The Labute approximate surface area is 108 Å². The van der Waals surface area contributed by atoms with Crippen molar-refractivity contribution in [1.29, 1.82) is 10.5 Å². The molecule has 0 spiro atoms. The number of nitriles is 2. The van der Waals surface area contributed by atoms with E-state index in [1.54, 1.807) is 30.3 Å². The topological polar surface area (TPSA) is 77.0 Å². The van der Waals surface area contributed by atoms with Crippen LogP contribution in [-0.4, -0.2) is 19.2 Å². The van der Waals surface area contributed by atoms with E-state index in [9.17, 15) is 10.4 Å². The SMILES string of the molecule is C[Si](C)(C)OC(O)(C#N)C(C#N)c1ccccc1. The lowest BCUT2D eigenvalue weighted by Gasteiger charge is -2.32. The van der Waals surface area contributed by atoms with Crippen molar-refractivity contribution in [3.8, 4) is 12.1 Å². The van der Waals surface area contributed by atoms with Gasteiger partial charge in [0.05, 0.1) is 6.07 Å². The first-order valence-electron chi connectivity index (χ1n) is 5.61. The smallest absolute Gasteiger partial charge is 0.268 e. The first-order chi connectivity index (χ1) is 8.32. The third-order valence-electron chi connectivity index (χ3n) is 2.28. The van der Waals surface area contributed by atoms with Crippen LogP contribution in [0, 0.1) is 22.7 Å². The van der Waals surface area contributed by atoms with Gasteiger partial charge in [0.2, 0.25) is 0 Å². The first kappa shape index (κ1) is 14.4. The molecule has 0 heterocycles. The van der Waals surface area contributed by atoms with Crippen LogP contribution in [0.25, 0.3) is 0 Å². The van der Waals surface area contributed by atoms with Crippen LogP contribution in [0.15, 0.2) is 30.3 Å². The standard InChI is InChI=1S/C13H16N2O2Si/c1-18(2,3)17-13(16,10-15)12(9-14)11-7-5-4-6-8-11/h4-8,12,16H,1-3H3. The Balaban J connectivity index is 3.15. The van der Waals surface area contributed by atoms with Gasteiger partial charge in [-0.1, -0.05) is 30.3 Å². The van der Waals surface area contributed by atoms with E-state index in [-0.39, 0.29) is 0 Å². The Morgan fingerprint density at radius 1 is 1.22 bits per heavy atom. The summed E-state index contributed by atoms with van der Waals surface area (Å²) in [7, 11) is -2.15. The first-order valence-corrected chi connectivity index (χ1v) is 9.01. The maximum absolute atomic E-state index is 10.3. The molecule has 1 aromatic carbocycles. The van der Waals surface area contributed by atoms with E-state index in [0.717, 1.165) is 0 Å². The number of hydrogen-bond donors (Lipinski definition) is 1. The number of nitrogens with zero attached hydrogens (tertiary/aromatic N) is 2. The molecule has 94 valence electrons. The van der Waals surface area contributed by atoms with E-state index in [4.69, 9.17) is 9.69 Å². The second-order valence-corrected chi connectivity index (χ2v) is 9.42. The average Bonchev–Trinajstić information content (AvgIpc) is 2.29. The van der Waals surface area contributed by atoms with Crippen LogP contribution in [0.2, 0.25) is 19.6 Å². The molecule has 2 atom stereocenters. The van der Waals surface area contributed by atoms with E-state index in [1.165, 1.54) is 0 Å². The summed E-state index contributed by atoms with van der Waals surface area (Å²) in [6, 6.07) is 12.4. The summed E-state index contributed by atoms with van der Waals surface area (Å²) in [5.74, 6) is -3.11.